The molecule has 0 radical (unpaired) electrons. The van der Waals surface area contributed by atoms with Gasteiger partial charge < -0.3 is 15.6 Å². The lowest BCUT2D eigenvalue weighted by molar-refractivity contribution is -0.169. The number of benzene rings is 2. The third kappa shape index (κ3) is 2.94. The van der Waals surface area contributed by atoms with Crippen molar-refractivity contribution in [2.45, 2.75) is 31.9 Å². The van der Waals surface area contributed by atoms with Crippen LogP contribution in [0, 0.1) is 0 Å². The van der Waals surface area contributed by atoms with Crippen LogP contribution in [0.25, 0.3) is 10.8 Å². The molecule has 0 aliphatic carbocycles. The summed E-state index contributed by atoms with van der Waals surface area (Å²) in [6.07, 6.45) is 0. The molecule has 1 atom stereocenters. The first kappa shape index (κ1) is 16.0. The van der Waals surface area contributed by atoms with Crippen molar-refractivity contribution in [3.8, 4) is 0 Å². The Kier molecular flexibility index (Phi) is 3.94. The van der Waals surface area contributed by atoms with Crippen LogP contribution in [0.2, 0.25) is 0 Å². The second-order valence-electron chi connectivity index (χ2n) is 6.18. The first-order chi connectivity index (χ1) is 10.1. The number of carbonyl (C=O) groups is 2. The fourth-order valence-electron chi connectivity index (χ4n) is 2.12. The second-order valence-corrected chi connectivity index (χ2v) is 6.18. The normalized spacial score (nSPS) is 14.4. The van der Waals surface area contributed by atoms with Gasteiger partial charge >= 0.3 is 11.9 Å². The van der Waals surface area contributed by atoms with Crippen molar-refractivity contribution >= 4 is 22.7 Å². The minimum atomic E-state index is -2.24. The Bertz CT molecular complexity index is 733. The first-order valence-corrected chi connectivity index (χ1v) is 6.89. The van der Waals surface area contributed by atoms with Gasteiger partial charge in [0.2, 0.25) is 5.54 Å². The number of hydrogen-bond acceptors (Lipinski definition) is 4. The van der Waals surface area contributed by atoms with E-state index in [0.717, 1.165) is 10.8 Å². The van der Waals surface area contributed by atoms with Crippen LogP contribution in [-0.4, -0.2) is 22.6 Å². The summed E-state index contributed by atoms with van der Waals surface area (Å²) in [6, 6.07) is 12.3. The summed E-state index contributed by atoms with van der Waals surface area (Å²) in [5.74, 6) is -2.43. The molecular formula is C17H19NO4. The zero-order valence-corrected chi connectivity index (χ0v) is 12.8. The molecule has 116 valence electrons. The number of fused-ring (bicyclic) bond motifs is 1. The molecular weight excluding hydrogens is 282 g/mol. The molecule has 0 aromatic heterocycles. The van der Waals surface area contributed by atoms with Crippen molar-refractivity contribution < 1.29 is 19.4 Å². The minimum Gasteiger partial charge on any atom is -0.479 e. The number of nitrogens with two attached hydrogens (primary N) is 1. The van der Waals surface area contributed by atoms with Crippen molar-refractivity contribution in [3.05, 3.63) is 48.0 Å². The van der Waals surface area contributed by atoms with E-state index < -0.39 is 23.1 Å². The fourth-order valence-corrected chi connectivity index (χ4v) is 2.12. The van der Waals surface area contributed by atoms with E-state index >= 15 is 0 Å². The van der Waals surface area contributed by atoms with Crippen molar-refractivity contribution in [3.63, 3.8) is 0 Å². The number of hydrogen-bond donors (Lipinski definition) is 2. The second kappa shape index (κ2) is 5.42. The van der Waals surface area contributed by atoms with E-state index in [1.165, 1.54) is 0 Å². The quantitative estimate of drug-likeness (QED) is 0.671. The molecule has 2 aromatic rings. The highest BCUT2D eigenvalue weighted by atomic mass is 16.6. The Morgan fingerprint density at radius 2 is 1.64 bits per heavy atom. The molecule has 0 fully saturated rings. The van der Waals surface area contributed by atoms with Crippen LogP contribution in [0.5, 0.6) is 0 Å². The van der Waals surface area contributed by atoms with Crippen molar-refractivity contribution in [2.24, 2.45) is 5.73 Å². The van der Waals surface area contributed by atoms with Crippen LogP contribution < -0.4 is 5.73 Å². The van der Waals surface area contributed by atoms with Crippen LogP contribution in [0.3, 0.4) is 0 Å². The van der Waals surface area contributed by atoms with E-state index in [1.807, 2.05) is 24.3 Å². The molecule has 0 aliphatic heterocycles. The van der Waals surface area contributed by atoms with Crippen LogP contribution in [-0.2, 0) is 19.9 Å². The van der Waals surface area contributed by atoms with Crippen LogP contribution in [0.1, 0.15) is 26.3 Å². The molecule has 0 amide bonds. The Balaban J connectivity index is 2.53. The van der Waals surface area contributed by atoms with Gasteiger partial charge in [-0.15, -0.1) is 0 Å². The van der Waals surface area contributed by atoms with Gasteiger partial charge in [-0.05, 0) is 43.2 Å². The highest BCUT2D eigenvalue weighted by Gasteiger charge is 2.47. The molecule has 0 heterocycles. The van der Waals surface area contributed by atoms with Gasteiger partial charge in [0.25, 0.3) is 0 Å². The van der Waals surface area contributed by atoms with Gasteiger partial charge in [0.05, 0.1) is 0 Å². The first-order valence-electron chi connectivity index (χ1n) is 6.89. The Morgan fingerprint density at radius 1 is 1.05 bits per heavy atom. The number of aliphatic carboxylic acids is 1. The predicted molar refractivity (Wildman–Crippen MR) is 83.3 cm³/mol. The summed E-state index contributed by atoms with van der Waals surface area (Å²) in [4.78, 5) is 24.0. The summed E-state index contributed by atoms with van der Waals surface area (Å²) in [5, 5.41) is 11.2. The number of rotatable bonds is 3. The molecule has 5 nitrogen and oxygen atoms in total. The maximum absolute atomic E-state index is 12.3. The highest BCUT2D eigenvalue weighted by Crippen LogP contribution is 2.26. The molecule has 0 aliphatic rings. The van der Waals surface area contributed by atoms with Gasteiger partial charge in [0.15, 0.2) is 0 Å². The van der Waals surface area contributed by atoms with Gasteiger partial charge in [-0.1, -0.05) is 36.4 Å². The molecule has 5 heteroatoms. The Hall–Kier alpha value is -2.40. The van der Waals surface area contributed by atoms with Crippen LogP contribution in [0.4, 0.5) is 0 Å². The van der Waals surface area contributed by atoms with Gasteiger partial charge in [-0.25, -0.2) is 9.59 Å². The lowest BCUT2D eigenvalue weighted by Crippen LogP contribution is -2.54. The molecule has 2 aromatic carbocycles. The average Bonchev–Trinajstić information content (AvgIpc) is 2.43. The summed E-state index contributed by atoms with van der Waals surface area (Å²) < 4.78 is 5.19. The number of carbonyl (C=O) groups excluding carboxylic acids is 1. The highest BCUT2D eigenvalue weighted by molar-refractivity contribution is 6.05. The summed E-state index contributed by atoms with van der Waals surface area (Å²) in [6.45, 7) is 4.98. The standard InChI is InChI=1S/C17H19NO4/c1-16(2,3)22-15(21)17(18,14(19)20)13-9-8-11-6-4-5-7-12(11)10-13/h4-10H,18H2,1-3H3,(H,19,20). The zero-order chi connectivity index (χ0) is 16.5. The Morgan fingerprint density at radius 3 is 2.18 bits per heavy atom. The summed E-state index contributed by atoms with van der Waals surface area (Å²) >= 11 is 0. The molecule has 3 N–H and O–H groups in total. The fraction of sp³-hybridized carbons (Fsp3) is 0.294. The summed E-state index contributed by atoms with van der Waals surface area (Å²) in [7, 11) is 0. The van der Waals surface area contributed by atoms with Gasteiger partial charge in [0, 0.05) is 0 Å². The largest absolute Gasteiger partial charge is 0.479 e. The van der Waals surface area contributed by atoms with E-state index in [0.29, 0.717) is 0 Å². The van der Waals surface area contributed by atoms with Crippen molar-refractivity contribution in [1.82, 2.24) is 0 Å². The SMILES string of the molecule is CC(C)(C)OC(=O)C(N)(C(=O)O)c1ccc2ccccc2c1. The maximum atomic E-state index is 12.3. The van der Waals surface area contributed by atoms with E-state index in [9.17, 15) is 14.7 Å². The summed E-state index contributed by atoms with van der Waals surface area (Å²) in [5.41, 5.74) is 3.05. The monoisotopic (exact) mass is 301 g/mol. The number of ether oxygens (including phenoxy) is 1. The molecule has 1 unspecified atom stereocenters. The van der Waals surface area contributed by atoms with Gasteiger partial charge in [0.1, 0.15) is 5.60 Å². The van der Waals surface area contributed by atoms with Crippen molar-refractivity contribution in [2.75, 3.05) is 0 Å². The molecule has 0 saturated carbocycles. The minimum absolute atomic E-state index is 0.188. The lowest BCUT2D eigenvalue weighted by Gasteiger charge is -2.28. The topological polar surface area (TPSA) is 89.6 Å². The number of esters is 1. The number of carboxylic acid groups (broad SMARTS) is 1. The molecule has 0 bridgehead atoms. The molecule has 2 rings (SSSR count). The predicted octanol–water partition coefficient (Wildman–Crippen LogP) is 2.42. The van der Waals surface area contributed by atoms with E-state index in [2.05, 4.69) is 0 Å². The van der Waals surface area contributed by atoms with Crippen molar-refractivity contribution in [1.29, 1.82) is 0 Å². The van der Waals surface area contributed by atoms with Crippen LogP contribution >= 0.6 is 0 Å². The average molecular weight is 301 g/mol. The molecule has 22 heavy (non-hydrogen) atoms. The van der Waals surface area contributed by atoms with Crippen LogP contribution in [0.15, 0.2) is 42.5 Å². The third-order valence-corrected chi connectivity index (χ3v) is 3.26. The van der Waals surface area contributed by atoms with E-state index in [-0.39, 0.29) is 5.56 Å². The maximum Gasteiger partial charge on any atom is 0.343 e. The Labute approximate surface area is 128 Å². The third-order valence-electron chi connectivity index (χ3n) is 3.26. The lowest BCUT2D eigenvalue weighted by atomic mass is 9.89. The molecule has 0 saturated heterocycles. The van der Waals surface area contributed by atoms with E-state index in [1.54, 1.807) is 39.0 Å². The van der Waals surface area contributed by atoms with Gasteiger partial charge in [-0.3, -0.25) is 0 Å². The smallest absolute Gasteiger partial charge is 0.343 e. The molecule has 0 spiro atoms. The van der Waals surface area contributed by atoms with Gasteiger partial charge in [-0.2, -0.15) is 0 Å². The zero-order valence-electron chi connectivity index (χ0n) is 12.8. The number of carboxylic acids is 1. The van der Waals surface area contributed by atoms with E-state index in [4.69, 9.17) is 10.5 Å².